The van der Waals surface area contributed by atoms with Gasteiger partial charge in [0.2, 0.25) is 5.91 Å². The molecule has 0 aromatic heterocycles. The number of carbonyl (C=O) groups is 3. The highest BCUT2D eigenvalue weighted by Gasteiger charge is 2.49. The zero-order valence-corrected chi connectivity index (χ0v) is 14.6. The number of hydrogen-bond donors (Lipinski definition) is 5. The molecule has 1 aliphatic heterocycles. The molecule has 2 rings (SSSR count). The lowest BCUT2D eigenvalue weighted by Crippen LogP contribution is -2.55. The third kappa shape index (κ3) is 4.30. The number of thioether (sulfide) groups is 1. The first-order chi connectivity index (χ1) is 11.6. The van der Waals surface area contributed by atoms with Gasteiger partial charge in [-0.2, -0.15) is 0 Å². The number of amides is 1. The summed E-state index contributed by atoms with van der Waals surface area (Å²) in [5.41, 5.74) is 6.44. The maximum Gasteiger partial charge on any atom is 0.328 e. The van der Waals surface area contributed by atoms with Crippen molar-refractivity contribution in [1.29, 1.82) is 0 Å². The van der Waals surface area contributed by atoms with Crippen LogP contribution in [0.15, 0.2) is 30.3 Å². The topological polar surface area (TPSA) is 142 Å². The molecule has 4 atom stereocenters. The Kier molecular flexibility index (Phi) is 5.71. The lowest BCUT2D eigenvalue weighted by Gasteiger charge is -2.23. The molecule has 0 unspecified atom stereocenters. The number of hydrogen-bond acceptors (Lipinski definition) is 6. The van der Waals surface area contributed by atoms with Gasteiger partial charge in [0.05, 0.1) is 5.37 Å². The highest BCUT2D eigenvalue weighted by atomic mass is 32.2. The van der Waals surface area contributed by atoms with E-state index in [1.807, 2.05) is 0 Å². The molecule has 1 amide bonds. The van der Waals surface area contributed by atoms with Crippen LogP contribution in [-0.2, 0) is 14.4 Å². The van der Waals surface area contributed by atoms with E-state index in [0.717, 1.165) is 11.8 Å². The van der Waals surface area contributed by atoms with Crippen molar-refractivity contribution in [2.45, 2.75) is 42.1 Å². The Balaban J connectivity index is 2.13. The average Bonchev–Trinajstić information content (AvgIpc) is 2.87. The van der Waals surface area contributed by atoms with Crippen molar-refractivity contribution < 1.29 is 24.6 Å². The molecule has 9 heteroatoms. The second kappa shape index (κ2) is 7.42. The van der Waals surface area contributed by atoms with Crippen LogP contribution < -0.4 is 16.4 Å². The highest BCUT2D eigenvalue weighted by molar-refractivity contribution is 8.01. The van der Waals surface area contributed by atoms with Crippen molar-refractivity contribution >= 4 is 29.6 Å². The van der Waals surface area contributed by atoms with Gasteiger partial charge in [0.25, 0.3) is 0 Å². The Hall–Kier alpha value is -2.10. The number of carbonyl (C=O) groups excluding carboxylic acids is 1. The Morgan fingerprint density at radius 2 is 1.84 bits per heavy atom. The van der Waals surface area contributed by atoms with Gasteiger partial charge in [-0.15, -0.1) is 11.8 Å². The second-order valence-corrected chi connectivity index (χ2v) is 8.09. The summed E-state index contributed by atoms with van der Waals surface area (Å²) in [6.07, 6.45) is 0. The van der Waals surface area contributed by atoms with Crippen molar-refractivity contribution in [3.8, 4) is 0 Å². The van der Waals surface area contributed by atoms with Crippen LogP contribution in [0.25, 0.3) is 0 Å². The van der Waals surface area contributed by atoms with Gasteiger partial charge < -0.3 is 21.3 Å². The molecule has 1 fully saturated rings. The number of carboxylic acid groups (broad SMARTS) is 2. The normalized spacial score (nSPS) is 24.3. The van der Waals surface area contributed by atoms with E-state index in [-0.39, 0.29) is 0 Å². The van der Waals surface area contributed by atoms with Gasteiger partial charge in [0, 0.05) is 4.75 Å². The quantitative estimate of drug-likeness (QED) is 0.478. The van der Waals surface area contributed by atoms with Crippen LogP contribution in [0.2, 0.25) is 0 Å². The Morgan fingerprint density at radius 1 is 1.24 bits per heavy atom. The molecule has 1 heterocycles. The molecule has 1 aromatic carbocycles. The summed E-state index contributed by atoms with van der Waals surface area (Å²) >= 11 is 1.16. The SMILES string of the molecule is CC1(C)S[C@H]([C@H](NC(=O)[C@H](N)c2ccccc2)C(=O)O)N[C@@H]1C(=O)O. The van der Waals surface area contributed by atoms with Crippen LogP contribution in [0.1, 0.15) is 25.5 Å². The number of rotatable bonds is 6. The minimum atomic E-state index is -1.31. The van der Waals surface area contributed by atoms with Crippen LogP contribution in [0.4, 0.5) is 0 Å². The third-order valence-corrected chi connectivity index (χ3v) is 5.52. The summed E-state index contributed by atoms with van der Waals surface area (Å²) in [5.74, 6) is -2.98. The van der Waals surface area contributed by atoms with Crippen molar-refractivity contribution in [3.63, 3.8) is 0 Å². The van der Waals surface area contributed by atoms with Crippen LogP contribution >= 0.6 is 11.8 Å². The smallest absolute Gasteiger partial charge is 0.328 e. The molecule has 0 radical (unpaired) electrons. The number of aliphatic carboxylic acids is 2. The number of nitrogens with two attached hydrogens (primary N) is 1. The fraction of sp³-hybridized carbons (Fsp3) is 0.438. The molecule has 0 spiro atoms. The third-order valence-electron chi connectivity index (χ3n) is 4.01. The average molecular weight is 367 g/mol. The molecular formula is C16H21N3O5S. The van der Waals surface area contributed by atoms with E-state index in [9.17, 15) is 24.6 Å². The van der Waals surface area contributed by atoms with Crippen LogP contribution in [-0.4, -0.2) is 50.3 Å². The van der Waals surface area contributed by atoms with E-state index in [4.69, 9.17) is 5.73 Å². The van der Waals surface area contributed by atoms with Crippen molar-refractivity contribution in [2.75, 3.05) is 0 Å². The standard InChI is InChI=1S/C16H21N3O5S/c1-16(2)11(15(23)24)19-13(25-16)10(14(21)22)18-12(20)9(17)8-6-4-3-5-7-8/h3-7,9-11,13,19H,17H2,1-2H3,(H,18,20)(H,21,22)(H,23,24)/t9-,10+,11-,13-/m1/s1. The first kappa shape index (κ1) is 19.2. The molecule has 1 aliphatic rings. The van der Waals surface area contributed by atoms with Gasteiger partial charge >= 0.3 is 11.9 Å². The van der Waals surface area contributed by atoms with E-state index in [0.29, 0.717) is 5.56 Å². The first-order valence-corrected chi connectivity index (χ1v) is 8.52. The van der Waals surface area contributed by atoms with E-state index in [1.54, 1.807) is 44.2 Å². The molecule has 136 valence electrons. The Morgan fingerprint density at radius 3 is 2.32 bits per heavy atom. The summed E-state index contributed by atoms with van der Waals surface area (Å²) in [6, 6.07) is 5.33. The summed E-state index contributed by atoms with van der Waals surface area (Å²) < 4.78 is -0.726. The summed E-state index contributed by atoms with van der Waals surface area (Å²) in [7, 11) is 0. The predicted molar refractivity (Wildman–Crippen MR) is 93.0 cm³/mol. The molecule has 1 aromatic rings. The molecule has 0 aliphatic carbocycles. The molecule has 0 bridgehead atoms. The largest absolute Gasteiger partial charge is 0.480 e. The summed E-state index contributed by atoms with van der Waals surface area (Å²) in [4.78, 5) is 35.3. The first-order valence-electron chi connectivity index (χ1n) is 7.64. The van der Waals surface area contributed by atoms with E-state index in [1.165, 1.54) is 0 Å². The maximum atomic E-state index is 12.3. The zero-order valence-electron chi connectivity index (χ0n) is 13.8. The lowest BCUT2D eigenvalue weighted by atomic mass is 10.0. The number of carboxylic acids is 2. The lowest BCUT2D eigenvalue weighted by molar-refractivity contribution is -0.143. The molecular weight excluding hydrogens is 346 g/mol. The fourth-order valence-electron chi connectivity index (χ4n) is 2.65. The van der Waals surface area contributed by atoms with Gasteiger partial charge in [0.15, 0.2) is 6.04 Å². The van der Waals surface area contributed by atoms with E-state index in [2.05, 4.69) is 10.6 Å². The fourth-order valence-corrected chi connectivity index (χ4v) is 4.13. The highest BCUT2D eigenvalue weighted by Crippen LogP contribution is 2.39. The Labute approximate surface area is 149 Å². The van der Waals surface area contributed by atoms with E-state index >= 15 is 0 Å². The number of benzene rings is 1. The van der Waals surface area contributed by atoms with Crippen molar-refractivity contribution in [1.82, 2.24) is 10.6 Å². The van der Waals surface area contributed by atoms with Gasteiger partial charge in [-0.1, -0.05) is 30.3 Å². The van der Waals surface area contributed by atoms with Crippen molar-refractivity contribution in [3.05, 3.63) is 35.9 Å². The summed E-state index contributed by atoms with van der Waals surface area (Å²) in [5, 5.41) is 23.1. The van der Waals surface area contributed by atoms with Crippen LogP contribution in [0.5, 0.6) is 0 Å². The minimum absolute atomic E-state index is 0.555. The predicted octanol–water partition coefficient (Wildman–Crippen LogP) is 0.150. The Bertz CT molecular complexity index is 667. The monoisotopic (exact) mass is 367 g/mol. The van der Waals surface area contributed by atoms with E-state index < -0.39 is 46.1 Å². The van der Waals surface area contributed by atoms with Gasteiger partial charge in [0.1, 0.15) is 12.1 Å². The molecule has 25 heavy (non-hydrogen) atoms. The second-order valence-electron chi connectivity index (χ2n) is 6.29. The molecule has 6 N–H and O–H groups in total. The maximum absolute atomic E-state index is 12.3. The van der Waals surface area contributed by atoms with Crippen LogP contribution in [0.3, 0.4) is 0 Å². The van der Waals surface area contributed by atoms with Gasteiger partial charge in [-0.05, 0) is 19.4 Å². The van der Waals surface area contributed by atoms with Gasteiger partial charge in [-0.25, -0.2) is 4.79 Å². The van der Waals surface area contributed by atoms with Crippen molar-refractivity contribution in [2.24, 2.45) is 5.73 Å². The van der Waals surface area contributed by atoms with Crippen LogP contribution in [0, 0.1) is 0 Å². The molecule has 8 nitrogen and oxygen atoms in total. The molecule has 1 saturated heterocycles. The molecule has 0 saturated carbocycles. The minimum Gasteiger partial charge on any atom is -0.480 e. The summed E-state index contributed by atoms with van der Waals surface area (Å²) in [6.45, 7) is 3.42. The zero-order chi connectivity index (χ0) is 18.8. The number of nitrogens with one attached hydrogen (secondary N) is 2. The van der Waals surface area contributed by atoms with Gasteiger partial charge in [-0.3, -0.25) is 14.9 Å².